The van der Waals surface area contributed by atoms with E-state index in [1.807, 2.05) is 18.3 Å². The first kappa shape index (κ1) is 17.3. The van der Waals surface area contributed by atoms with Crippen molar-refractivity contribution < 1.29 is 9.47 Å². The van der Waals surface area contributed by atoms with E-state index in [1.54, 1.807) is 13.3 Å². The van der Waals surface area contributed by atoms with Crippen molar-refractivity contribution in [2.45, 2.75) is 37.8 Å². The number of fused-ring (bicyclic) bond motifs is 3. The second kappa shape index (κ2) is 7.33. The summed E-state index contributed by atoms with van der Waals surface area (Å²) in [6, 6.07) is 4.87. The van der Waals surface area contributed by atoms with Gasteiger partial charge in [0.05, 0.1) is 19.3 Å². The van der Waals surface area contributed by atoms with E-state index in [0.717, 1.165) is 56.3 Å². The van der Waals surface area contributed by atoms with Gasteiger partial charge in [-0.15, -0.1) is 0 Å². The Hall–Kier alpha value is -2.77. The summed E-state index contributed by atoms with van der Waals surface area (Å²) in [5.74, 6) is 3.12. The van der Waals surface area contributed by atoms with Gasteiger partial charge in [0.25, 0.3) is 0 Å². The average Bonchev–Trinajstić information content (AvgIpc) is 3.24. The Morgan fingerprint density at radius 2 is 2.07 bits per heavy atom. The molecule has 0 bridgehead atoms. The van der Waals surface area contributed by atoms with Crippen molar-refractivity contribution in [1.29, 1.82) is 0 Å². The van der Waals surface area contributed by atoms with Gasteiger partial charge in [-0.05, 0) is 31.7 Å². The van der Waals surface area contributed by atoms with Crippen molar-refractivity contribution in [2.24, 2.45) is 0 Å². The Morgan fingerprint density at radius 3 is 2.93 bits per heavy atom. The van der Waals surface area contributed by atoms with Crippen LogP contribution < -0.4 is 24.6 Å². The minimum Gasteiger partial charge on any atom is -0.486 e. The maximum Gasteiger partial charge on any atom is 0.225 e. The van der Waals surface area contributed by atoms with E-state index in [4.69, 9.17) is 14.5 Å². The molecule has 0 amide bonds. The summed E-state index contributed by atoms with van der Waals surface area (Å²) in [4.78, 5) is 18.2. The van der Waals surface area contributed by atoms with Gasteiger partial charge >= 0.3 is 0 Å². The van der Waals surface area contributed by atoms with Gasteiger partial charge in [0.15, 0.2) is 11.6 Å². The van der Waals surface area contributed by atoms with Crippen LogP contribution in [0.2, 0.25) is 0 Å². The number of piperidine rings is 1. The lowest BCUT2D eigenvalue weighted by atomic mass is 10.0. The molecule has 5 heterocycles. The van der Waals surface area contributed by atoms with Crippen molar-refractivity contribution in [3.63, 3.8) is 0 Å². The zero-order chi connectivity index (χ0) is 18.9. The first-order valence-electron chi connectivity index (χ1n) is 10.1. The van der Waals surface area contributed by atoms with E-state index in [1.165, 1.54) is 12.8 Å². The van der Waals surface area contributed by atoms with Gasteiger partial charge in [-0.25, -0.2) is 9.97 Å². The van der Waals surface area contributed by atoms with Crippen LogP contribution in [0.15, 0.2) is 24.5 Å². The van der Waals surface area contributed by atoms with Gasteiger partial charge < -0.3 is 24.6 Å². The molecule has 0 aliphatic carbocycles. The molecule has 8 heteroatoms. The van der Waals surface area contributed by atoms with Crippen molar-refractivity contribution in [3.8, 4) is 11.6 Å². The molecule has 0 aromatic carbocycles. The van der Waals surface area contributed by atoms with E-state index in [-0.39, 0.29) is 0 Å². The molecule has 2 aromatic heterocycles. The van der Waals surface area contributed by atoms with Gasteiger partial charge in [0.1, 0.15) is 6.61 Å². The topological polar surface area (TPSA) is 75.6 Å². The molecule has 2 fully saturated rings. The van der Waals surface area contributed by atoms with Gasteiger partial charge in [-0.3, -0.25) is 0 Å². The lowest BCUT2D eigenvalue weighted by Crippen LogP contribution is -2.40. The van der Waals surface area contributed by atoms with Gasteiger partial charge in [-0.1, -0.05) is 0 Å². The van der Waals surface area contributed by atoms with Crippen LogP contribution in [-0.4, -0.2) is 60.4 Å². The second-order valence-electron chi connectivity index (χ2n) is 7.64. The fourth-order valence-corrected chi connectivity index (χ4v) is 4.38. The van der Waals surface area contributed by atoms with E-state index in [2.05, 4.69) is 25.1 Å². The lowest BCUT2D eigenvalue weighted by Gasteiger charge is -2.35. The Morgan fingerprint density at radius 1 is 1.18 bits per heavy atom. The molecule has 1 N–H and O–H groups in total. The second-order valence-corrected chi connectivity index (χ2v) is 7.64. The van der Waals surface area contributed by atoms with Crippen molar-refractivity contribution >= 4 is 17.5 Å². The molecule has 0 spiro atoms. The molecule has 3 aliphatic heterocycles. The third-order valence-electron chi connectivity index (χ3n) is 5.94. The molecule has 1 unspecified atom stereocenters. The zero-order valence-corrected chi connectivity index (χ0v) is 16.2. The summed E-state index contributed by atoms with van der Waals surface area (Å²) in [5, 5.41) is 3.54. The Kier molecular flexibility index (Phi) is 4.54. The van der Waals surface area contributed by atoms with Crippen LogP contribution in [0, 0.1) is 0 Å². The first-order valence-corrected chi connectivity index (χ1v) is 10.1. The van der Waals surface area contributed by atoms with Crippen LogP contribution >= 0.6 is 0 Å². The smallest absolute Gasteiger partial charge is 0.225 e. The van der Waals surface area contributed by atoms with Crippen molar-refractivity contribution in [2.75, 3.05) is 48.5 Å². The van der Waals surface area contributed by atoms with E-state index in [9.17, 15) is 0 Å². The highest BCUT2D eigenvalue weighted by Crippen LogP contribution is 2.36. The van der Waals surface area contributed by atoms with Crippen LogP contribution in [0.3, 0.4) is 0 Å². The molecule has 0 radical (unpaired) electrons. The average molecular weight is 382 g/mol. The number of anilines is 3. The summed E-state index contributed by atoms with van der Waals surface area (Å²) in [5.41, 5.74) is 1.16. The summed E-state index contributed by atoms with van der Waals surface area (Å²) in [7, 11) is 1.65. The summed E-state index contributed by atoms with van der Waals surface area (Å²) in [6.07, 6.45) is 8.08. The summed E-state index contributed by atoms with van der Waals surface area (Å²) >= 11 is 0. The minimum atomic E-state index is 0.372. The summed E-state index contributed by atoms with van der Waals surface area (Å²) in [6.45, 7) is 3.77. The van der Waals surface area contributed by atoms with Crippen LogP contribution in [0.4, 0.5) is 17.5 Å². The third kappa shape index (κ3) is 3.27. The van der Waals surface area contributed by atoms with E-state index in [0.29, 0.717) is 23.9 Å². The summed E-state index contributed by atoms with van der Waals surface area (Å²) < 4.78 is 11.1. The maximum atomic E-state index is 5.85. The van der Waals surface area contributed by atoms with Crippen LogP contribution in [-0.2, 0) is 0 Å². The Balaban J connectivity index is 1.23. The zero-order valence-electron chi connectivity index (χ0n) is 16.2. The van der Waals surface area contributed by atoms with Crippen molar-refractivity contribution in [3.05, 3.63) is 24.5 Å². The molecule has 8 nitrogen and oxygen atoms in total. The van der Waals surface area contributed by atoms with E-state index < -0.39 is 0 Å². The highest BCUT2D eigenvalue weighted by atomic mass is 16.5. The number of hydrogen-bond acceptors (Lipinski definition) is 8. The molecule has 28 heavy (non-hydrogen) atoms. The molecule has 2 aromatic rings. The van der Waals surface area contributed by atoms with Gasteiger partial charge in [0.2, 0.25) is 11.8 Å². The largest absolute Gasteiger partial charge is 0.486 e. The predicted octanol–water partition coefficient (Wildman–Crippen LogP) is 2.32. The molecule has 1 atom stereocenters. The highest BCUT2D eigenvalue weighted by Gasteiger charge is 2.33. The number of rotatable bonds is 4. The standard InChI is InChI=1S/C20H26N6O2/c1-27-18-11-15(4-7-21-18)25-9-5-14(6-10-25)23-20-22-12-17-19(24-20)26-8-2-3-16(26)13-28-17/h4,7,11-12,14,16H,2-3,5-6,8-10,13H2,1H3,(H,22,23,24). The monoisotopic (exact) mass is 382 g/mol. The lowest BCUT2D eigenvalue weighted by molar-refractivity contribution is 0.268. The predicted molar refractivity (Wildman–Crippen MR) is 108 cm³/mol. The third-order valence-corrected chi connectivity index (χ3v) is 5.94. The molecule has 5 rings (SSSR count). The Bertz CT molecular complexity index is 839. The number of hydrogen-bond donors (Lipinski definition) is 1. The quantitative estimate of drug-likeness (QED) is 0.864. The van der Waals surface area contributed by atoms with Crippen molar-refractivity contribution in [1.82, 2.24) is 15.0 Å². The highest BCUT2D eigenvalue weighted by molar-refractivity contribution is 5.57. The molecule has 0 saturated carbocycles. The number of ether oxygens (including phenoxy) is 2. The Labute approximate surface area is 164 Å². The van der Waals surface area contributed by atoms with Gasteiger partial charge in [-0.2, -0.15) is 4.98 Å². The molecule has 148 valence electrons. The number of aromatic nitrogens is 3. The first-order chi connectivity index (χ1) is 13.8. The normalized spacial score (nSPS) is 21.7. The molecular formula is C20H26N6O2. The number of methoxy groups -OCH3 is 1. The van der Waals surface area contributed by atoms with Crippen LogP contribution in [0.25, 0.3) is 0 Å². The fraction of sp³-hybridized carbons (Fsp3) is 0.550. The number of nitrogens with one attached hydrogen (secondary N) is 1. The number of nitrogens with zero attached hydrogens (tertiary/aromatic N) is 5. The number of pyridine rings is 1. The van der Waals surface area contributed by atoms with E-state index >= 15 is 0 Å². The minimum absolute atomic E-state index is 0.372. The maximum absolute atomic E-state index is 5.85. The SMILES string of the molecule is COc1cc(N2CCC(Nc3ncc4c(n3)N3CCCC3CO4)CC2)ccn1. The molecule has 2 saturated heterocycles. The van der Waals surface area contributed by atoms with Crippen LogP contribution in [0.5, 0.6) is 11.6 Å². The van der Waals surface area contributed by atoms with Crippen LogP contribution in [0.1, 0.15) is 25.7 Å². The molecular weight excluding hydrogens is 356 g/mol. The fourth-order valence-electron chi connectivity index (χ4n) is 4.38. The van der Waals surface area contributed by atoms with Gasteiger partial charge in [0, 0.05) is 43.6 Å². The molecule has 3 aliphatic rings.